The van der Waals surface area contributed by atoms with Gasteiger partial charge in [-0.15, -0.1) is 11.6 Å². The Balaban J connectivity index is 2.10. The second-order valence-corrected chi connectivity index (χ2v) is 4.29. The van der Waals surface area contributed by atoms with Crippen molar-refractivity contribution in [2.24, 2.45) is 0 Å². The van der Waals surface area contributed by atoms with Crippen LogP contribution in [0.5, 0.6) is 5.75 Å². The van der Waals surface area contributed by atoms with Crippen molar-refractivity contribution >= 4 is 22.4 Å². The highest BCUT2D eigenvalue weighted by Gasteiger charge is 2.07. The molecule has 0 amide bonds. The van der Waals surface area contributed by atoms with Crippen LogP contribution in [0.4, 0.5) is 0 Å². The number of aromatic nitrogens is 1. The van der Waals surface area contributed by atoms with Gasteiger partial charge in [-0.25, -0.2) is 4.98 Å². The fourth-order valence-electron chi connectivity index (χ4n) is 1.87. The Morgan fingerprint density at radius 3 is 2.67 bits per heavy atom. The van der Waals surface area contributed by atoms with Crippen LogP contribution < -0.4 is 0 Å². The van der Waals surface area contributed by atoms with Gasteiger partial charge in [0.25, 0.3) is 0 Å². The van der Waals surface area contributed by atoms with Crippen LogP contribution in [-0.4, -0.2) is 10.1 Å². The second-order valence-electron chi connectivity index (χ2n) is 4.02. The first kappa shape index (κ1) is 11.1. The van der Waals surface area contributed by atoms with E-state index in [9.17, 15) is 5.11 Å². The van der Waals surface area contributed by atoms with E-state index in [0.29, 0.717) is 11.8 Å². The van der Waals surface area contributed by atoms with E-state index in [-0.39, 0.29) is 5.75 Å². The molecule has 1 N–H and O–H groups in total. The molecule has 4 heteroatoms. The third-order valence-electron chi connectivity index (χ3n) is 2.76. The molecule has 0 aliphatic rings. The SMILES string of the molecule is Oc1ccc2cc(-c3nc(CCl)co3)ccc2c1. The van der Waals surface area contributed by atoms with E-state index in [4.69, 9.17) is 16.0 Å². The summed E-state index contributed by atoms with van der Waals surface area (Å²) in [6.45, 7) is 0. The number of hydrogen-bond acceptors (Lipinski definition) is 3. The van der Waals surface area contributed by atoms with Crippen molar-refractivity contribution < 1.29 is 9.52 Å². The lowest BCUT2D eigenvalue weighted by Gasteiger charge is -2.01. The number of aromatic hydroxyl groups is 1. The average Bonchev–Trinajstić information content (AvgIpc) is 2.87. The molecule has 3 nitrogen and oxygen atoms in total. The highest BCUT2D eigenvalue weighted by Crippen LogP contribution is 2.26. The third kappa shape index (κ3) is 1.93. The maximum absolute atomic E-state index is 9.41. The lowest BCUT2D eigenvalue weighted by molar-refractivity contribution is 0.476. The van der Waals surface area contributed by atoms with Crippen molar-refractivity contribution in [2.75, 3.05) is 0 Å². The normalized spacial score (nSPS) is 10.9. The Hall–Kier alpha value is -2.00. The fraction of sp³-hybridized carbons (Fsp3) is 0.0714. The standard InChI is InChI=1S/C14H10ClNO2/c15-7-12-8-18-14(16-12)11-2-1-10-6-13(17)4-3-9(10)5-11/h1-6,8,17H,7H2. The molecule has 0 aliphatic carbocycles. The molecule has 2 aromatic carbocycles. The Kier molecular flexibility index (Phi) is 2.68. The minimum atomic E-state index is 0.260. The van der Waals surface area contributed by atoms with E-state index >= 15 is 0 Å². The summed E-state index contributed by atoms with van der Waals surface area (Å²) in [5.41, 5.74) is 1.61. The van der Waals surface area contributed by atoms with Crippen LogP contribution in [0, 0.1) is 0 Å². The van der Waals surface area contributed by atoms with Gasteiger partial charge in [0.2, 0.25) is 5.89 Å². The van der Waals surface area contributed by atoms with Gasteiger partial charge in [-0.1, -0.05) is 12.1 Å². The topological polar surface area (TPSA) is 46.3 Å². The van der Waals surface area contributed by atoms with E-state index in [1.54, 1.807) is 18.4 Å². The number of rotatable bonds is 2. The molecule has 1 aromatic heterocycles. The number of halogens is 1. The summed E-state index contributed by atoms with van der Waals surface area (Å²) in [6.07, 6.45) is 1.56. The van der Waals surface area contributed by atoms with Crippen molar-refractivity contribution in [3.05, 3.63) is 48.4 Å². The smallest absolute Gasteiger partial charge is 0.226 e. The number of phenols is 1. The third-order valence-corrected chi connectivity index (χ3v) is 3.03. The number of benzene rings is 2. The van der Waals surface area contributed by atoms with Crippen LogP contribution in [0.2, 0.25) is 0 Å². The summed E-state index contributed by atoms with van der Waals surface area (Å²) in [6, 6.07) is 11.0. The Bertz CT molecular complexity index is 706. The highest BCUT2D eigenvalue weighted by atomic mass is 35.5. The quantitative estimate of drug-likeness (QED) is 0.709. The lowest BCUT2D eigenvalue weighted by Crippen LogP contribution is -1.81. The highest BCUT2D eigenvalue weighted by molar-refractivity contribution is 6.16. The number of fused-ring (bicyclic) bond motifs is 1. The summed E-state index contributed by atoms with van der Waals surface area (Å²) < 4.78 is 5.37. The van der Waals surface area contributed by atoms with Crippen LogP contribution in [0.3, 0.4) is 0 Å². The number of alkyl halides is 1. The summed E-state index contributed by atoms with van der Waals surface area (Å²) >= 11 is 5.69. The molecule has 0 spiro atoms. The van der Waals surface area contributed by atoms with Crippen molar-refractivity contribution in [2.45, 2.75) is 5.88 Å². The monoisotopic (exact) mass is 259 g/mol. The van der Waals surface area contributed by atoms with Gasteiger partial charge in [-0.2, -0.15) is 0 Å². The Labute approximate surface area is 109 Å². The molecular formula is C14H10ClNO2. The molecule has 0 bridgehead atoms. The van der Waals surface area contributed by atoms with Gasteiger partial charge in [0, 0.05) is 5.56 Å². The lowest BCUT2D eigenvalue weighted by atomic mass is 10.1. The first-order chi connectivity index (χ1) is 8.76. The number of hydrogen-bond donors (Lipinski definition) is 1. The molecule has 0 radical (unpaired) electrons. The Morgan fingerprint density at radius 2 is 1.89 bits per heavy atom. The van der Waals surface area contributed by atoms with Crippen molar-refractivity contribution in [1.29, 1.82) is 0 Å². The van der Waals surface area contributed by atoms with Gasteiger partial charge in [-0.3, -0.25) is 0 Å². The number of oxazole rings is 1. The molecule has 3 aromatic rings. The van der Waals surface area contributed by atoms with Gasteiger partial charge in [0.15, 0.2) is 0 Å². The van der Waals surface area contributed by atoms with Crippen LogP contribution in [0.25, 0.3) is 22.2 Å². The summed E-state index contributed by atoms with van der Waals surface area (Å²) in [7, 11) is 0. The predicted octanol–water partition coefficient (Wildman–Crippen LogP) is 3.94. The fourth-order valence-corrected chi connectivity index (χ4v) is 1.99. The van der Waals surface area contributed by atoms with Crippen molar-refractivity contribution in [1.82, 2.24) is 4.98 Å². The number of phenolic OH excluding ortho intramolecular Hbond substituents is 1. The van der Waals surface area contributed by atoms with Crippen LogP contribution in [0.1, 0.15) is 5.69 Å². The predicted molar refractivity (Wildman–Crippen MR) is 70.7 cm³/mol. The van der Waals surface area contributed by atoms with E-state index in [0.717, 1.165) is 22.0 Å². The van der Waals surface area contributed by atoms with E-state index in [1.165, 1.54) is 0 Å². The molecule has 1 heterocycles. The molecule has 90 valence electrons. The molecule has 0 unspecified atom stereocenters. The first-order valence-corrected chi connectivity index (χ1v) is 6.03. The molecule has 0 atom stereocenters. The van der Waals surface area contributed by atoms with E-state index < -0.39 is 0 Å². The van der Waals surface area contributed by atoms with Gasteiger partial charge < -0.3 is 9.52 Å². The van der Waals surface area contributed by atoms with Crippen molar-refractivity contribution in [3.63, 3.8) is 0 Å². The largest absolute Gasteiger partial charge is 0.508 e. The first-order valence-electron chi connectivity index (χ1n) is 5.50. The zero-order chi connectivity index (χ0) is 12.5. The summed E-state index contributed by atoms with van der Waals surface area (Å²) in [4.78, 5) is 4.28. The zero-order valence-corrected chi connectivity index (χ0v) is 10.2. The maximum atomic E-state index is 9.41. The summed E-state index contributed by atoms with van der Waals surface area (Å²) in [5.74, 6) is 1.15. The average molecular weight is 260 g/mol. The molecule has 0 aliphatic heterocycles. The van der Waals surface area contributed by atoms with E-state index in [2.05, 4.69) is 4.98 Å². The van der Waals surface area contributed by atoms with Gasteiger partial charge in [0.05, 0.1) is 11.6 Å². The van der Waals surface area contributed by atoms with Crippen LogP contribution in [-0.2, 0) is 5.88 Å². The molecule has 0 fully saturated rings. The van der Waals surface area contributed by atoms with Crippen LogP contribution in [0.15, 0.2) is 47.1 Å². The minimum Gasteiger partial charge on any atom is -0.508 e. The second kappa shape index (κ2) is 4.35. The van der Waals surface area contributed by atoms with Gasteiger partial charge in [-0.05, 0) is 35.0 Å². The minimum absolute atomic E-state index is 0.260. The van der Waals surface area contributed by atoms with Crippen LogP contribution >= 0.6 is 11.6 Å². The van der Waals surface area contributed by atoms with Gasteiger partial charge >= 0.3 is 0 Å². The Morgan fingerprint density at radius 1 is 1.11 bits per heavy atom. The zero-order valence-electron chi connectivity index (χ0n) is 9.43. The van der Waals surface area contributed by atoms with E-state index in [1.807, 2.05) is 24.3 Å². The molecule has 0 saturated heterocycles. The molecular weight excluding hydrogens is 250 g/mol. The molecule has 18 heavy (non-hydrogen) atoms. The molecule has 3 rings (SSSR count). The molecule has 0 saturated carbocycles. The summed E-state index contributed by atoms with van der Waals surface area (Å²) in [5, 5.41) is 11.4. The maximum Gasteiger partial charge on any atom is 0.226 e. The van der Waals surface area contributed by atoms with Gasteiger partial charge in [0.1, 0.15) is 12.0 Å². The number of nitrogens with zero attached hydrogens (tertiary/aromatic N) is 1. The van der Waals surface area contributed by atoms with Crippen molar-refractivity contribution in [3.8, 4) is 17.2 Å².